The Balaban J connectivity index is 2.22. The zero-order valence-electron chi connectivity index (χ0n) is 8.51. The van der Waals surface area contributed by atoms with Gasteiger partial charge in [-0.15, -0.1) is 11.3 Å². The molecule has 0 aliphatic carbocycles. The van der Waals surface area contributed by atoms with Gasteiger partial charge in [-0.3, -0.25) is 4.79 Å². The van der Waals surface area contributed by atoms with Gasteiger partial charge in [0.15, 0.2) is 0 Å². The van der Waals surface area contributed by atoms with Crippen LogP contribution in [0.15, 0.2) is 22.0 Å². The molecule has 0 aromatic carbocycles. The first kappa shape index (κ1) is 10.8. The van der Waals surface area contributed by atoms with Gasteiger partial charge in [0.1, 0.15) is 6.04 Å². The summed E-state index contributed by atoms with van der Waals surface area (Å²) in [6, 6.07) is 3.28. The Morgan fingerprint density at radius 3 is 3.12 bits per heavy atom. The maximum Gasteiger partial charge on any atom is 0.292 e. The van der Waals surface area contributed by atoms with E-state index in [-0.39, 0.29) is 11.7 Å². The van der Waals surface area contributed by atoms with Crippen LogP contribution in [0, 0.1) is 0 Å². The van der Waals surface area contributed by atoms with E-state index in [1.807, 2.05) is 17.5 Å². The fourth-order valence-corrected chi connectivity index (χ4v) is 1.87. The van der Waals surface area contributed by atoms with E-state index < -0.39 is 11.9 Å². The summed E-state index contributed by atoms with van der Waals surface area (Å²) in [7, 11) is 1.50. The molecule has 2 aromatic heterocycles. The normalized spacial score (nSPS) is 12.4. The molecule has 0 aliphatic heterocycles. The third kappa shape index (κ3) is 1.95. The first-order valence-electron chi connectivity index (χ1n) is 4.57. The quantitative estimate of drug-likeness (QED) is 0.813. The molecule has 7 heteroatoms. The number of aromatic nitrogens is 2. The fourth-order valence-electron chi connectivity index (χ4n) is 1.16. The largest absolute Gasteiger partial charge is 0.352 e. The Bertz CT molecular complexity index is 479. The molecule has 1 atom stereocenters. The predicted octanol–water partition coefficient (Wildman–Crippen LogP) is 0.539. The van der Waals surface area contributed by atoms with E-state index in [4.69, 9.17) is 10.3 Å². The highest BCUT2D eigenvalue weighted by atomic mass is 32.1. The number of carbonyl (C=O) groups is 1. The lowest BCUT2D eigenvalue weighted by molar-refractivity contribution is 0.0950. The van der Waals surface area contributed by atoms with Gasteiger partial charge in [0, 0.05) is 11.9 Å². The highest BCUT2D eigenvalue weighted by Gasteiger charge is 2.20. The molecule has 0 saturated carbocycles. The van der Waals surface area contributed by atoms with E-state index in [1.165, 1.54) is 18.4 Å². The van der Waals surface area contributed by atoms with Crippen molar-refractivity contribution < 1.29 is 9.32 Å². The molecule has 3 N–H and O–H groups in total. The first-order chi connectivity index (χ1) is 7.72. The van der Waals surface area contributed by atoms with Crippen LogP contribution in [0.4, 0.5) is 0 Å². The van der Waals surface area contributed by atoms with Gasteiger partial charge in [0.05, 0.1) is 0 Å². The SMILES string of the molecule is CNC(=O)c1noc(C(N)c2cccs2)n1. The van der Waals surface area contributed by atoms with E-state index in [0.29, 0.717) is 0 Å². The van der Waals surface area contributed by atoms with Crippen LogP contribution in [0.5, 0.6) is 0 Å². The number of carbonyl (C=O) groups excluding carboxylic acids is 1. The van der Waals surface area contributed by atoms with Gasteiger partial charge in [-0.25, -0.2) is 0 Å². The van der Waals surface area contributed by atoms with Gasteiger partial charge in [0.25, 0.3) is 11.7 Å². The number of rotatable bonds is 3. The molecule has 84 valence electrons. The standard InChI is InChI=1S/C9H10N4O2S/c1-11-8(14)7-12-9(15-13-7)6(10)5-3-2-4-16-5/h2-4,6H,10H2,1H3,(H,11,14). The predicted molar refractivity (Wildman–Crippen MR) is 58.0 cm³/mol. The topological polar surface area (TPSA) is 94.0 Å². The Kier molecular flexibility index (Phi) is 2.97. The summed E-state index contributed by atoms with van der Waals surface area (Å²) in [5, 5.41) is 7.86. The lowest BCUT2D eigenvalue weighted by atomic mass is 10.2. The minimum atomic E-state index is -0.481. The van der Waals surface area contributed by atoms with Crippen LogP contribution in [-0.4, -0.2) is 23.1 Å². The third-order valence-corrected chi connectivity index (χ3v) is 2.94. The van der Waals surface area contributed by atoms with E-state index in [9.17, 15) is 4.79 Å². The zero-order valence-corrected chi connectivity index (χ0v) is 9.32. The number of nitrogens with zero attached hydrogens (tertiary/aromatic N) is 2. The maximum atomic E-state index is 11.2. The van der Waals surface area contributed by atoms with E-state index in [0.717, 1.165) is 4.88 Å². The van der Waals surface area contributed by atoms with Crippen molar-refractivity contribution in [1.82, 2.24) is 15.5 Å². The molecule has 2 heterocycles. The van der Waals surface area contributed by atoms with E-state index in [2.05, 4.69) is 15.5 Å². The third-order valence-electron chi connectivity index (χ3n) is 1.99. The van der Waals surface area contributed by atoms with Crippen molar-refractivity contribution in [3.05, 3.63) is 34.1 Å². The molecule has 0 radical (unpaired) electrons. The molecular formula is C9H10N4O2S. The minimum Gasteiger partial charge on any atom is -0.352 e. The van der Waals surface area contributed by atoms with Gasteiger partial charge in [-0.2, -0.15) is 4.98 Å². The number of thiophene rings is 1. The molecule has 2 rings (SSSR count). The van der Waals surface area contributed by atoms with Crippen LogP contribution in [0.1, 0.15) is 27.4 Å². The Labute approximate surface area is 95.5 Å². The van der Waals surface area contributed by atoms with Crippen LogP contribution >= 0.6 is 11.3 Å². The smallest absolute Gasteiger partial charge is 0.292 e. The molecule has 1 unspecified atom stereocenters. The summed E-state index contributed by atoms with van der Waals surface area (Å²) in [6.45, 7) is 0. The lowest BCUT2D eigenvalue weighted by Crippen LogP contribution is -2.19. The number of hydrogen-bond acceptors (Lipinski definition) is 6. The Morgan fingerprint density at radius 2 is 2.50 bits per heavy atom. The van der Waals surface area contributed by atoms with Crippen LogP contribution in [0.3, 0.4) is 0 Å². The van der Waals surface area contributed by atoms with Crippen molar-refractivity contribution in [2.24, 2.45) is 5.73 Å². The zero-order chi connectivity index (χ0) is 11.5. The minimum absolute atomic E-state index is 0.00972. The van der Waals surface area contributed by atoms with E-state index >= 15 is 0 Å². The van der Waals surface area contributed by atoms with Gasteiger partial charge >= 0.3 is 0 Å². The van der Waals surface area contributed by atoms with Crippen molar-refractivity contribution in [2.45, 2.75) is 6.04 Å². The van der Waals surface area contributed by atoms with Crippen molar-refractivity contribution >= 4 is 17.2 Å². The summed E-state index contributed by atoms with van der Waals surface area (Å²) in [5.41, 5.74) is 5.90. The lowest BCUT2D eigenvalue weighted by Gasteiger charge is -2.01. The molecule has 6 nitrogen and oxygen atoms in total. The maximum absolute atomic E-state index is 11.2. The van der Waals surface area contributed by atoms with Gasteiger partial charge < -0.3 is 15.6 Å². The summed E-state index contributed by atoms with van der Waals surface area (Å²) in [5.74, 6) is -0.168. The van der Waals surface area contributed by atoms with Crippen LogP contribution < -0.4 is 11.1 Å². The second-order valence-corrected chi connectivity index (χ2v) is 4.01. The number of nitrogens with one attached hydrogen (secondary N) is 1. The summed E-state index contributed by atoms with van der Waals surface area (Å²) >= 11 is 1.50. The van der Waals surface area contributed by atoms with Crippen LogP contribution in [0.2, 0.25) is 0 Å². The monoisotopic (exact) mass is 238 g/mol. The van der Waals surface area contributed by atoms with E-state index in [1.54, 1.807) is 0 Å². The van der Waals surface area contributed by atoms with Gasteiger partial charge in [-0.1, -0.05) is 11.2 Å². The Hall–Kier alpha value is -1.73. The van der Waals surface area contributed by atoms with Crippen LogP contribution in [0.25, 0.3) is 0 Å². The Morgan fingerprint density at radius 1 is 1.69 bits per heavy atom. The average Bonchev–Trinajstić information content (AvgIpc) is 2.97. The summed E-state index contributed by atoms with van der Waals surface area (Å²) in [6.07, 6.45) is 0. The van der Waals surface area contributed by atoms with Gasteiger partial charge in [0.2, 0.25) is 5.89 Å². The molecule has 0 aliphatic rings. The molecule has 0 saturated heterocycles. The molecule has 2 aromatic rings. The number of hydrogen-bond donors (Lipinski definition) is 2. The van der Waals surface area contributed by atoms with Crippen LogP contribution in [-0.2, 0) is 0 Å². The average molecular weight is 238 g/mol. The molecule has 0 spiro atoms. The molecular weight excluding hydrogens is 228 g/mol. The first-order valence-corrected chi connectivity index (χ1v) is 5.45. The van der Waals surface area contributed by atoms with Crippen molar-refractivity contribution in [1.29, 1.82) is 0 Å². The second kappa shape index (κ2) is 4.42. The molecule has 0 bridgehead atoms. The van der Waals surface area contributed by atoms with Crippen molar-refractivity contribution in [3.63, 3.8) is 0 Å². The van der Waals surface area contributed by atoms with Gasteiger partial charge in [-0.05, 0) is 11.4 Å². The highest BCUT2D eigenvalue weighted by molar-refractivity contribution is 7.10. The number of nitrogens with two attached hydrogens (primary N) is 1. The second-order valence-electron chi connectivity index (χ2n) is 3.03. The molecule has 1 amide bonds. The fraction of sp³-hybridized carbons (Fsp3) is 0.222. The molecule has 16 heavy (non-hydrogen) atoms. The molecule has 0 fully saturated rings. The summed E-state index contributed by atoms with van der Waals surface area (Å²) < 4.78 is 4.93. The van der Waals surface area contributed by atoms with Crippen molar-refractivity contribution in [3.8, 4) is 0 Å². The summed E-state index contributed by atoms with van der Waals surface area (Å²) in [4.78, 5) is 16.0. The number of amides is 1. The van der Waals surface area contributed by atoms with Crippen molar-refractivity contribution in [2.75, 3.05) is 7.05 Å². The highest BCUT2D eigenvalue weighted by Crippen LogP contribution is 2.22.